The topological polar surface area (TPSA) is 34.1 Å². The molecule has 0 spiro atoms. The number of nitrogens with one attached hydrogen (secondary N) is 1. The second-order valence-corrected chi connectivity index (χ2v) is 4.12. The molecule has 1 N–H and O–H groups in total. The van der Waals surface area contributed by atoms with Crippen LogP contribution in [0.3, 0.4) is 0 Å². The van der Waals surface area contributed by atoms with Gasteiger partial charge in [0.2, 0.25) is 0 Å². The van der Waals surface area contributed by atoms with Gasteiger partial charge in [-0.15, -0.1) is 0 Å². The molecule has 2 aromatic rings. The summed E-state index contributed by atoms with van der Waals surface area (Å²) in [5, 5.41) is 3.36. The van der Waals surface area contributed by atoms with Crippen LogP contribution in [0.5, 0.6) is 5.75 Å². The molecule has 0 fully saturated rings. The Balaban J connectivity index is 1.97. The van der Waals surface area contributed by atoms with Gasteiger partial charge in [0, 0.05) is 30.2 Å². The normalized spacial score (nSPS) is 10.1. The van der Waals surface area contributed by atoms with Gasteiger partial charge in [0.05, 0.1) is 6.61 Å². The molecule has 0 atom stereocenters. The fourth-order valence-electron chi connectivity index (χ4n) is 1.67. The molecule has 0 saturated carbocycles. The Morgan fingerprint density at radius 2 is 2.11 bits per heavy atom. The first-order chi connectivity index (χ1) is 8.78. The van der Waals surface area contributed by atoms with Gasteiger partial charge in [-0.25, -0.2) is 0 Å². The van der Waals surface area contributed by atoms with Gasteiger partial charge in [0.15, 0.2) is 0 Å². The van der Waals surface area contributed by atoms with Crippen molar-refractivity contribution < 1.29 is 4.74 Å². The summed E-state index contributed by atoms with van der Waals surface area (Å²) in [4.78, 5) is 4.27. The van der Waals surface area contributed by atoms with Crippen LogP contribution in [0.2, 0.25) is 0 Å². The molecule has 1 aromatic heterocycles. The number of pyridine rings is 1. The summed E-state index contributed by atoms with van der Waals surface area (Å²) < 4.78 is 5.46. The van der Waals surface area contributed by atoms with E-state index in [1.807, 2.05) is 50.4 Å². The molecule has 3 nitrogen and oxygen atoms in total. The molecule has 3 heteroatoms. The van der Waals surface area contributed by atoms with Gasteiger partial charge in [-0.3, -0.25) is 4.98 Å². The zero-order chi connectivity index (χ0) is 12.8. The highest BCUT2D eigenvalue weighted by molar-refractivity contribution is 5.48. The molecular weight excluding hydrogens is 224 g/mol. The van der Waals surface area contributed by atoms with Crippen LogP contribution < -0.4 is 10.1 Å². The van der Waals surface area contributed by atoms with Crippen molar-refractivity contribution in [2.75, 3.05) is 11.9 Å². The molecule has 2 rings (SSSR count). The third kappa shape index (κ3) is 3.48. The third-order valence-corrected chi connectivity index (χ3v) is 2.61. The third-order valence-electron chi connectivity index (χ3n) is 2.61. The fraction of sp³-hybridized carbons (Fsp3) is 0.267. The molecule has 0 aliphatic rings. The second-order valence-electron chi connectivity index (χ2n) is 4.12. The summed E-state index contributed by atoms with van der Waals surface area (Å²) in [5.74, 6) is 0.893. The average molecular weight is 242 g/mol. The Morgan fingerprint density at radius 1 is 1.22 bits per heavy atom. The Labute approximate surface area is 108 Å². The SMILES string of the molecule is CCOc1cccc(NCc2ccc(C)nc2)c1. The first-order valence-corrected chi connectivity index (χ1v) is 6.16. The van der Waals surface area contributed by atoms with Crippen LogP contribution in [-0.4, -0.2) is 11.6 Å². The summed E-state index contributed by atoms with van der Waals surface area (Å²) in [7, 11) is 0. The Morgan fingerprint density at radius 3 is 2.83 bits per heavy atom. The smallest absolute Gasteiger partial charge is 0.121 e. The average Bonchev–Trinajstić information content (AvgIpc) is 2.39. The first-order valence-electron chi connectivity index (χ1n) is 6.16. The lowest BCUT2D eigenvalue weighted by Gasteiger charge is -2.09. The van der Waals surface area contributed by atoms with Crippen LogP contribution in [0, 0.1) is 6.92 Å². The fourth-order valence-corrected chi connectivity index (χ4v) is 1.67. The van der Waals surface area contributed by atoms with Crippen LogP contribution >= 0.6 is 0 Å². The van der Waals surface area contributed by atoms with E-state index in [9.17, 15) is 0 Å². The van der Waals surface area contributed by atoms with Crippen molar-refractivity contribution in [1.82, 2.24) is 4.98 Å². The van der Waals surface area contributed by atoms with Crippen LogP contribution in [0.1, 0.15) is 18.2 Å². The molecule has 0 aliphatic carbocycles. The Hall–Kier alpha value is -2.03. The largest absolute Gasteiger partial charge is 0.494 e. The standard InChI is InChI=1S/C15H18N2O/c1-3-18-15-6-4-5-14(9-15)17-11-13-8-7-12(2)16-10-13/h4-10,17H,3,11H2,1-2H3. The van der Waals surface area contributed by atoms with Crippen molar-refractivity contribution in [3.8, 4) is 5.75 Å². The van der Waals surface area contributed by atoms with E-state index in [1.54, 1.807) is 0 Å². The number of hydrogen-bond acceptors (Lipinski definition) is 3. The monoisotopic (exact) mass is 242 g/mol. The van der Waals surface area contributed by atoms with E-state index in [-0.39, 0.29) is 0 Å². The van der Waals surface area contributed by atoms with Gasteiger partial charge >= 0.3 is 0 Å². The van der Waals surface area contributed by atoms with E-state index in [4.69, 9.17) is 4.74 Å². The van der Waals surface area contributed by atoms with E-state index < -0.39 is 0 Å². The van der Waals surface area contributed by atoms with E-state index >= 15 is 0 Å². The number of aryl methyl sites for hydroxylation is 1. The summed E-state index contributed by atoms with van der Waals surface area (Å²) in [5.41, 5.74) is 3.26. The number of rotatable bonds is 5. The summed E-state index contributed by atoms with van der Waals surface area (Å²) >= 11 is 0. The first kappa shape index (κ1) is 12.4. The van der Waals surface area contributed by atoms with E-state index in [0.717, 1.165) is 23.7 Å². The maximum atomic E-state index is 5.46. The highest BCUT2D eigenvalue weighted by atomic mass is 16.5. The molecule has 0 aliphatic heterocycles. The molecule has 94 valence electrons. The van der Waals surface area contributed by atoms with Crippen molar-refractivity contribution in [2.45, 2.75) is 20.4 Å². The minimum absolute atomic E-state index is 0.686. The predicted octanol–water partition coefficient (Wildman–Crippen LogP) is 3.40. The molecule has 0 saturated heterocycles. The molecule has 1 heterocycles. The van der Waals surface area contributed by atoms with Crippen LogP contribution in [0.4, 0.5) is 5.69 Å². The lowest BCUT2D eigenvalue weighted by atomic mass is 10.2. The molecule has 0 bridgehead atoms. The molecular formula is C15H18N2O. The lowest BCUT2D eigenvalue weighted by molar-refractivity contribution is 0.340. The predicted molar refractivity (Wildman–Crippen MR) is 73.9 cm³/mol. The minimum atomic E-state index is 0.686. The zero-order valence-corrected chi connectivity index (χ0v) is 10.8. The van der Waals surface area contributed by atoms with Gasteiger partial charge in [0.25, 0.3) is 0 Å². The van der Waals surface area contributed by atoms with Crippen molar-refractivity contribution in [3.63, 3.8) is 0 Å². The summed E-state index contributed by atoms with van der Waals surface area (Å²) in [6.45, 7) is 5.43. The van der Waals surface area contributed by atoms with E-state index in [2.05, 4.69) is 16.4 Å². The van der Waals surface area contributed by atoms with Gasteiger partial charge < -0.3 is 10.1 Å². The Bertz CT molecular complexity index is 494. The highest BCUT2D eigenvalue weighted by Gasteiger charge is 1.97. The molecule has 18 heavy (non-hydrogen) atoms. The number of anilines is 1. The lowest BCUT2D eigenvalue weighted by Crippen LogP contribution is -2.00. The Kier molecular flexibility index (Phi) is 4.18. The van der Waals surface area contributed by atoms with Gasteiger partial charge in [-0.2, -0.15) is 0 Å². The highest BCUT2D eigenvalue weighted by Crippen LogP contribution is 2.17. The quantitative estimate of drug-likeness (QED) is 0.872. The molecule has 0 radical (unpaired) electrons. The minimum Gasteiger partial charge on any atom is -0.494 e. The van der Waals surface area contributed by atoms with Crippen molar-refractivity contribution in [1.29, 1.82) is 0 Å². The molecule has 1 aromatic carbocycles. The molecule has 0 unspecified atom stereocenters. The van der Waals surface area contributed by atoms with Gasteiger partial charge in [0.1, 0.15) is 5.75 Å². The van der Waals surface area contributed by atoms with Crippen LogP contribution in [0.15, 0.2) is 42.6 Å². The van der Waals surface area contributed by atoms with Crippen molar-refractivity contribution in [3.05, 3.63) is 53.9 Å². The second kappa shape index (κ2) is 6.05. The van der Waals surface area contributed by atoms with Crippen LogP contribution in [-0.2, 0) is 6.54 Å². The van der Waals surface area contributed by atoms with E-state index in [1.165, 1.54) is 5.56 Å². The zero-order valence-electron chi connectivity index (χ0n) is 10.8. The molecule has 0 amide bonds. The summed E-state index contributed by atoms with van der Waals surface area (Å²) in [6, 6.07) is 12.1. The number of benzene rings is 1. The summed E-state index contributed by atoms with van der Waals surface area (Å²) in [6.07, 6.45) is 1.90. The van der Waals surface area contributed by atoms with Gasteiger partial charge in [-0.1, -0.05) is 12.1 Å². The van der Waals surface area contributed by atoms with Gasteiger partial charge in [-0.05, 0) is 37.6 Å². The van der Waals surface area contributed by atoms with Crippen LogP contribution in [0.25, 0.3) is 0 Å². The van der Waals surface area contributed by atoms with Crippen molar-refractivity contribution >= 4 is 5.69 Å². The maximum Gasteiger partial charge on any atom is 0.121 e. The number of ether oxygens (including phenoxy) is 1. The number of aromatic nitrogens is 1. The van der Waals surface area contributed by atoms with Crippen molar-refractivity contribution in [2.24, 2.45) is 0 Å². The van der Waals surface area contributed by atoms with E-state index in [0.29, 0.717) is 6.61 Å². The number of nitrogens with zero attached hydrogens (tertiary/aromatic N) is 1. The maximum absolute atomic E-state index is 5.46. The number of hydrogen-bond donors (Lipinski definition) is 1.